The molecule has 7 nitrogen and oxygen atoms in total. The Hall–Kier alpha value is -1.28. The van der Waals surface area contributed by atoms with Crippen molar-refractivity contribution in [3.05, 3.63) is 0 Å². The van der Waals surface area contributed by atoms with Crippen molar-refractivity contribution in [2.75, 3.05) is 73.1 Å². The summed E-state index contributed by atoms with van der Waals surface area (Å²) in [5, 5.41) is 3.03. The summed E-state index contributed by atoms with van der Waals surface area (Å²) in [5.74, 6) is 4.43. The molecule has 1 N–H and O–H groups in total. The molecule has 2 aliphatic rings. The number of hydrogen-bond acceptors (Lipinski definition) is 8. The van der Waals surface area contributed by atoms with Gasteiger partial charge in [0, 0.05) is 44.7 Å². The van der Waals surface area contributed by atoms with Gasteiger partial charge >= 0.3 is 0 Å². The lowest BCUT2D eigenvalue weighted by Gasteiger charge is -2.30. The van der Waals surface area contributed by atoms with E-state index in [4.69, 9.17) is 4.74 Å². The lowest BCUT2D eigenvalue weighted by molar-refractivity contribution is 0.122. The minimum absolute atomic E-state index is 0.634. The van der Waals surface area contributed by atoms with Crippen molar-refractivity contribution in [1.82, 2.24) is 15.0 Å². The van der Waals surface area contributed by atoms with Crippen molar-refractivity contribution in [3.63, 3.8) is 0 Å². The molecule has 2 saturated heterocycles. The molecule has 2 fully saturated rings. The molecule has 0 spiro atoms. The summed E-state index contributed by atoms with van der Waals surface area (Å²) in [6.45, 7) is 5.14. The molecule has 0 atom stereocenters. The Morgan fingerprint density at radius 2 is 1.55 bits per heavy atom. The Morgan fingerprint density at radius 1 is 0.950 bits per heavy atom. The van der Waals surface area contributed by atoms with E-state index >= 15 is 0 Å². The molecule has 3 heterocycles. The first kappa shape index (κ1) is 13.7. The van der Waals surface area contributed by atoms with E-state index in [1.165, 1.54) is 0 Å². The van der Waals surface area contributed by atoms with Crippen molar-refractivity contribution >= 4 is 29.6 Å². The summed E-state index contributed by atoms with van der Waals surface area (Å²) in [7, 11) is 1.84. The molecule has 2 aliphatic heterocycles. The van der Waals surface area contributed by atoms with Crippen molar-refractivity contribution < 1.29 is 4.74 Å². The highest BCUT2D eigenvalue weighted by Crippen LogP contribution is 2.20. The molecule has 0 radical (unpaired) electrons. The second-order valence-corrected chi connectivity index (χ2v) is 5.93. The molecule has 0 unspecified atom stereocenters. The normalized spacial score (nSPS) is 20.1. The molecule has 110 valence electrons. The summed E-state index contributed by atoms with van der Waals surface area (Å²) in [6, 6.07) is 0. The molecule has 8 heteroatoms. The third-order valence-electron chi connectivity index (χ3n) is 3.42. The van der Waals surface area contributed by atoms with Crippen molar-refractivity contribution in [2.45, 2.75) is 0 Å². The summed E-state index contributed by atoms with van der Waals surface area (Å²) < 4.78 is 5.38. The monoisotopic (exact) mass is 296 g/mol. The van der Waals surface area contributed by atoms with E-state index in [2.05, 4.69) is 30.1 Å². The first-order valence-corrected chi connectivity index (χ1v) is 8.11. The van der Waals surface area contributed by atoms with Gasteiger partial charge in [-0.1, -0.05) is 0 Å². The van der Waals surface area contributed by atoms with Gasteiger partial charge in [-0.05, 0) is 0 Å². The fourth-order valence-corrected chi connectivity index (χ4v) is 3.18. The number of morpholine rings is 1. The maximum atomic E-state index is 5.38. The Kier molecular flexibility index (Phi) is 4.41. The van der Waals surface area contributed by atoms with E-state index < -0.39 is 0 Å². The average Bonchev–Trinajstić information content (AvgIpc) is 2.56. The summed E-state index contributed by atoms with van der Waals surface area (Å²) in [4.78, 5) is 18.0. The van der Waals surface area contributed by atoms with E-state index in [0.29, 0.717) is 5.95 Å². The van der Waals surface area contributed by atoms with Crippen LogP contribution in [0.2, 0.25) is 0 Å². The molecule has 1 aromatic heterocycles. The maximum Gasteiger partial charge on any atom is 0.232 e. The van der Waals surface area contributed by atoms with Gasteiger partial charge in [0.2, 0.25) is 17.8 Å². The number of rotatable bonds is 3. The molecule has 0 amide bonds. The zero-order valence-corrected chi connectivity index (χ0v) is 12.5. The first-order chi connectivity index (χ1) is 9.86. The highest BCUT2D eigenvalue weighted by Gasteiger charge is 2.20. The van der Waals surface area contributed by atoms with Gasteiger partial charge in [0.25, 0.3) is 0 Å². The predicted octanol–water partition coefficient (Wildman–Crippen LogP) is 0.303. The van der Waals surface area contributed by atoms with Gasteiger partial charge in [-0.3, -0.25) is 0 Å². The van der Waals surface area contributed by atoms with Crippen LogP contribution in [0.4, 0.5) is 17.8 Å². The first-order valence-electron chi connectivity index (χ1n) is 6.96. The highest BCUT2D eigenvalue weighted by atomic mass is 32.2. The second kappa shape index (κ2) is 6.45. The van der Waals surface area contributed by atoms with Crippen LogP contribution >= 0.6 is 11.8 Å². The van der Waals surface area contributed by atoms with Crippen LogP contribution in [0.25, 0.3) is 0 Å². The Bertz CT molecular complexity index is 411. The standard InChI is InChI=1S/C12H20N6OS/c1-13-10-14-11(17-2-6-19-7-3-17)16-12(15-10)18-4-8-20-9-5-18/h2-9H2,1H3,(H,13,14,15,16). The number of nitrogens with zero attached hydrogens (tertiary/aromatic N) is 5. The van der Waals surface area contributed by atoms with E-state index in [1.54, 1.807) is 0 Å². The maximum absolute atomic E-state index is 5.38. The third-order valence-corrected chi connectivity index (χ3v) is 4.37. The Balaban J connectivity index is 1.85. The number of anilines is 3. The van der Waals surface area contributed by atoms with E-state index in [9.17, 15) is 0 Å². The smallest absolute Gasteiger partial charge is 0.232 e. The minimum Gasteiger partial charge on any atom is -0.378 e. The van der Waals surface area contributed by atoms with Crippen LogP contribution in [-0.4, -0.2) is 72.9 Å². The highest BCUT2D eigenvalue weighted by molar-refractivity contribution is 7.99. The number of nitrogens with one attached hydrogen (secondary N) is 1. The van der Waals surface area contributed by atoms with Crippen LogP contribution in [0.5, 0.6) is 0 Å². The van der Waals surface area contributed by atoms with Gasteiger partial charge in [0.1, 0.15) is 0 Å². The zero-order chi connectivity index (χ0) is 13.8. The lowest BCUT2D eigenvalue weighted by atomic mass is 10.4. The van der Waals surface area contributed by atoms with E-state index in [1.807, 2.05) is 18.8 Å². The molecule has 0 saturated carbocycles. The molecular weight excluding hydrogens is 276 g/mol. The molecule has 0 bridgehead atoms. The summed E-state index contributed by atoms with van der Waals surface area (Å²) in [5.41, 5.74) is 0. The third kappa shape index (κ3) is 3.06. The minimum atomic E-state index is 0.634. The van der Waals surface area contributed by atoms with Gasteiger partial charge in [-0.2, -0.15) is 26.7 Å². The number of thioether (sulfide) groups is 1. The van der Waals surface area contributed by atoms with Gasteiger partial charge < -0.3 is 19.9 Å². The van der Waals surface area contributed by atoms with Crippen LogP contribution in [0.15, 0.2) is 0 Å². The fraction of sp³-hybridized carbons (Fsp3) is 0.750. The number of hydrogen-bond donors (Lipinski definition) is 1. The van der Waals surface area contributed by atoms with E-state index in [-0.39, 0.29) is 0 Å². The molecule has 3 rings (SSSR count). The van der Waals surface area contributed by atoms with Gasteiger partial charge in [0.15, 0.2) is 0 Å². The van der Waals surface area contributed by atoms with Gasteiger partial charge in [-0.15, -0.1) is 0 Å². The molecular formula is C12H20N6OS. The van der Waals surface area contributed by atoms with Crippen LogP contribution in [-0.2, 0) is 4.74 Å². The topological polar surface area (TPSA) is 66.4 Å². The zero-order valence-electron chi connectivity index (χ0n) is 11.7. The molecule has 1 aromatic rings. The second-order valence-electron chi connectivity index (χ2n) is 4.71. The van der Waals surface area contributed by atoms with Gasteiger partial charge in [-0.25, -0.2) is 0 Å². The van der Waals surface area contributed by atoms with Crippen molar-refractivity contribution in [2.24, 2.45) is 0 Å². The van der Waals surface area contributed by atoms with Crippen molar-refractivity contribution in [1.29, 1.82) is 0 Å². The van der Waals surface area contributed by atoms with Crippen molar-refractivity contribution in [3.8, 4) is 0 Å². The average molecular weight is 296 g/mol. The molecule has 0 aromatic carbocycles. The lowest BCUT2D eigenvalue weighted by Crippen LogP contribution is -2.39. The number of aromatic nitrogens is 3. The Labute approximate surface area is 123 Å². The van der Waals surface area contributed by atoms with Crippen LogP contribution in [0.3, 0.4) is 0 Å². The predicted molar refractivity (Wildman–Crippen MR) is 81.9 cm³/mol. The molecule has 20 heavy (non-hydrogen) atoms. The van der Waals surface area contributed by atoms with Crippen LogP contribution in [0, 0.1) is 0 Å². The Morgan fingerprint density at radius 3 is 2.15 bits per heavy atom. The molecule has 0 aliphatic carbocycles. The van der Waals surface area contributed by atoms with Crippen LogP contribution in [0.1, 0.15) is 0 Å². The van der Waals surface area contributed by atoms with Crippen LogP contribution < -0.4 is 15.1 Å². The largest absolute Gasteiger partial charge is 0.378 e. The summed E-state index contributed by atoms with van der Waals surface area (Å²) >= 11 is 1.98. The van der Waals surface area contributed by atoms with Gasteiger partial charge in [0.05, 0.1) is 13.2 Å². The quantitative estimate of drug-likeness (QED) is 0.854. The van der Waals surface area contributed by atoms with E-state index in [0.717, 1.165) is 62.8 Å². The number of ether oxygens (including phenoxy) is 1. The fourth-order valence-electron chi connectivity index (χ4n) is 2.28. The SMILES string of the molecule is CNc1nc(N2CCOCC2)nc(N2CCSCC2)n1. The summed E-state index contributed by atoms with van der Waals surface area (Å²) in [6.07, 6.45) is 0.